The van der Waals surface area contributed by atoms with Gasteiger partial charge in [-0.25, -0.2) is 0 Å². The quantitative estimate of drug-likeness (QED) is 0.771. The maximum atomic E-state index is 12.3. The third-order valence-electron chi connectivity index (χ3n) is 3.32. The van der Waals surface area contributed by atoms with E-state index in [0.29, 0.717) is 23.8 Å². The third-order valence-corrected chi connectivity index (χ3v) is 3.52. The van der Waals surface area contributed by atoms with Crippen LogP contribution in [0.2, 0.25) is 0 Å². The largest absolute Gasteiger partial charge is 0.494 e. The standard InChI is InChI=1S/C19H22N2O2S/c1-14(2)11-12-23-17-10-6-7-15(13-17)18(22)21-19(24)20-16-8-4-3-5-9-16/h3-10,13-14H,11-12H2,1-2H3,(H2,20,21,22,24). The highest BCUT2D eigenvalue weighted by molar-refractivity contribution is 7.80. The monoisotopic (exact) mass is 342 g/mol. The van der Waals surface area contributed by atoms with Crippen molar-refractivity contribution in [2.45, 2.75) is 20.3 Å². The molecule has 2 aromatic rings. The van der Waals surface area contributed by atoms with Gasteiger partial charge in [0.1, 0.15) is 5.75 Å². The smallest absolute Gasteiger partial charge is 0.257 e. The Balaban J connectivity index is 1.90. The van der Waals surface area contributed by atoms with Crippen LogP contribution in [0.15, 0.2) is 54.6 Å². The molecule has 126 valence electrons. The lowest BCUT2D eigenvalue weighted by Gasteiger charge is -2.11. The molecule has 2 N–H and O–H groups in total. The summed E-state index contributed by atoms with van der Waals surface area (Å²) in [6.45, 7) is 4.93. The molecule has 0 saturated carbocycles. The minimum absolute atomic E-state index is 0.261. The van der Waals surface area contributed by atoms with E-state index in [-0.39, 0.29) is 11.0 Å². The van der Waals surface area contributed by atoms with Crippen molar-refractivity contribution in [1.29, 1.82) is 0 Å². The molecule has 0 aliphatic carbocycles. The average Bonchev–Trinajstić information content (AvgIpc) is 2.55. The number of nitrogens with one attached hydrogen (secondary N) is 2. The Labute approximate surface area is 148 Å². The molecule has 4 nitrogen and oxygen atoms in total. The number of carbonyl (C=O) groups excluding carboxylic acids is 1. The zero-order chi connectivity index (χ0) is 17.4. The van der Waals surface area contributed by atoms with Gasteiger partial charge in [-0.05, 0) is 54.9 Å². The first kappa shape index (κ1) is 17.9. The van der Waals surface area contributed by atoms with Gasteiger partial charge in [0.05, 0.1) is 6.61 Å². The van der Waals surface area contributed by atoms with Crippen molar-refractivity contribution in [2.75, 3.05) is 11.9 Å². The average molecular weight is 342 g/mol. The maximum Gasteiger partial charge on any atom is 0.257 e. The SMILES string of the molecule is CC(C)CCOc1cccc(C(=O)NC(=S)Nc2ccccc2)c1. The van der Waals surface area contributed by atoms with Crippen LogP contribution in [0.3, 0.4) is 0 Å². The van der Waals surface area contributed by atoms with Crippen LogP contribution in [0.1, 0.15) is 30.6 Å². The van der Waals surface area contributed by atoms with Crippen LogP contribution < -0.4 is 15.4 Å². The Morgan fingerprint density at radius 3 is 2.58 bits per heavy atom. The van der Waals surface area contributed by atoms with Crippen LogP contribution in [-0.4, -0.2) is 17.6 Å². The van der Waals surface area contributed by atoms with E-state index in [1.807, 2.05) is 36.4 Å². The van der Waals surface area contributed by atoms with E-state index in [1.54, 1.807) is 18.2 Å². The highest BCUT2D eigenvalue weighted by atomic mass is 32.1. The van der Waals surface area contributed by atoms with Crippen LogP contribution in [0.5, 0.6) is 5.75 Å². The first-order valence-electron chi connectivity index (χ1n) is 7.95. The summed E-state index contributed by atoms with van der Waals surface area (Å²) in [5.41, 5.74) is 1.34. The number of para-hydroxylation sites is 1. The lowest BCUT2D eigenvalue weighted by Crippen LogP contribution is -2.34. The van der Waals surface area contributed by atoms with Gasteiger partial charge in [-0.3, -0.25) is 10.1 Å². The van der Waals surface area contributed by atoms with E-state index in [1.165, 1.54) is 0 Å². The maximum absolute atomic E-state index is 12.3. The zero-order valence-corrected chi connectivity index (χ0v) is 14.7. The molecule has 1 amide bonds. The molecule has 2 aromatic carbocycles. The lowest BCUT2D eigenvalue weighted by atomic mass is 10.1. The van der Waals surface area contributed by atoms with E-state index < -0.39 is 0 Å². The number of thiocarbonyl (C=S) groups is 1. The van der Waals surface area contributed by atoms with Crippen LogP contribution in [0.25, 0.3) is 0 Å². The van der Waals surface area contributed by atoms with Gasteiger partial charge in [0.25, 0.3) is 5.91 Å². The van der Waals surface area contributed by atoms with Crippen molar-refractivity contribution >= 4 is 28.9 Å². The summed E-state index contributed by atoms with van der Waals surface area (Å²) in [6, 6.07) is 16.6. The van der Waals surface area contributed by atoms with Gasteiger partial charge in [-0.15, -0.1) is 0 Å². The molecule has 0 radical (unpaired) electrons. The van der Waals surface area contributed by atoms with E-state index in [2.05, 4.69) is 24.5 Å². The summed E-state index contributed by atoms with van der Waals surface area (Å²) in [4.78, 5) is 12.3. The zero-order valence-electron chi connectivity index (χ0n) is 13.9. The van der Waals surface area contributed by atoms with E-state index in [4.69, 9.17) is 17.0 Å². The Morgan fingerprint density at radius 2 is 1.88 bits per heavy atom. The number of amides is 1. The summed E-state index contributed by atoms with van der Waals surface area (Å²) >= 11 is 5.17. The number of hydrogen-bond donors (Lipinski definition) is 2. The van der Waals surface area contributed by atoms with Crippen LogP contribution in [-0.2, 0) is 0 Å². The number of anilines is 1. The van der Waals surface area contributed by atoms with Gasteiger partial charge in [0.2, 0.25) is 0 Å². The Kier molecular flexibility index (Phi) is 6.75. The van der Waals surface area contributed by atoms with Gasteiger partial charge in [0, 0.05) is 11.3 Å². The van der Waals surface area contributed by atoms with Crippen LogP contribution in [0, 0.1) is 5.92 Å². The second-order valence-corrected chi connectivity index (χ2v) is 6.24. The molecule has 2 rings (SSSR count). The van der Waals surface area contributed by atoms with Gasteiger partial charge < -0.3 is 10.1 Å². The highest BCUT2D eigenvalue weighted by Gasteiger charge is 2.09. The number of rotatable bonds is 6. The summed E-state index contributed by atoms with van der Waals surface area (Å²) in [5.74, 6) is 1.00. The summed E-state index contributed by atoms with van der Waals surface area (Å²) in [5, 5.41) is 5.91. The second-order valence-electron chi connectivity index (χ2n) is 5.83. The third kappa shape index (κ3) is 6.01. The van der Waals surface area contributed by atoms with E-state index in [0.717, 1.165) is 12.1 Å². The Bertz CT molecular complexity index is 687. The second kappa shape index (κ2) is 9.03. The van der Waals surface area contributed by atoms with Gasteiger partial charge >= 0.3 is 0 Å². The number of ether oxygens (including phenoxy) is 1. The minimum Gasteiger partial charge on any atom is -0.494 e. The summed E-state index contributed by atoms with van der Waals surface area (Å²) in [6.07, 6.45) is 0.974. The first-order valence-corrected chi connectivity index (χ1v) is 8.35. The molecule has 0 aromatic heterocycles. The summed E-state index contributed by atoms with van der Waals surface area (Å²) in [7, 11) is 0. The fourth-order valence-corrected chi connectivity index (χ4v) is 2.21. The Hall–Kier alpha value is -2.40. The molecule has 0 aliphatic rings. The van der Waals surface area contributed by atoms with Gasteiger partial charge in [0.15, 0.2) is 5.11 Å². The normalized spacial score (nSPS) is 10.3. The van der Waals surface area contributed by atoms with Crippen LogP contribution >= 0.6 is 12.2 Å². The number of hydrogen-bond acceptors (Lipinski definition) is 3. The molecule has 0 heterocycles. The van der Waals surface area contributed by atoms with Crippen LogP contribution in [0.4, 0.5) is 5.69 Å². The molecule has 24 heavy (non-hydrogen) atoms. The highest BCUT2D eigenvalue weighted by Crippen LogP contribution is 2.14. The molecular weight excluding hydrogens is 320 g/mol. The van der Waals surface area contributed by atoms with Gasteiger partial charge in [-0.2, -0.15) is 0 Å². The summed E-state index contributed by atoms with van der Waals surface area (Å²) < 4.78 is 5.68. The molecule has 5 heteroatoms. The fraction of sp³-hybridized carbons (Fsp3) is 0.263. The van der Waals surface area contributed by atoms with E-state index in [9.17, 15) is 4.79 Å². The minimum atomic E-state index is -0.266. The fourth-order valence-electron chi connectivity index (χ4n) is 2.00. The van der Waals surface area contributed by atoms with Crippen molar-refractivity contribution in [3.63, 3.8) is 0 Å². The lowest BCUT2D eigenvalue weighted by molar-refractivity contribution is 0.0977. The van der Waals surface area contributed by atoms with Crippen molar-refractivity contribution in [2.24, 2.45) is 5.92 Å². The Morgan fingerprint density at radius 1 is 1.12 bits per heavy atom. The van der Waals surface area contributed by atoms with Crippen molar-refractivity contribution < 1.29 is 9.53 Å². The van der Waals surface area contributed by atoms with Crippen molar-refractivity contribution in [3.05, 3.63) is 60.2 Å². The number of carbonyl (C=O) groups is 1. The molecule has 0 spiro atoms. The van der Waals surface area contributed by atoms with Crippen molar-refractivity contribution in [1.82, 2.24) is 5.32 Å². The van der Waals surface area contributed by atoms with E-state index >= 15 is 0 Å². The molecule has 0 fully saturated rings. The van der Waals surface area contributed by atoms with Crippen molar-refractivity contribution in [3.8, 4) is 5.75 Å². The molecular formula is C19H22N2O2S. The molecule has 0 aliphatic heterocycles. The predicted molar refractivity (Wildman–Crippen MR) is 102 cm³/mol. The molecule has 0 bridgehead atoms. The molecule has 0 unspecified atom stereocenters. The van der Waals surface area contributed by atoms with Gasteiger partial charge in [-0.1, -0.05) is 38.1 Å². The predicted octanol–water partition coefficient (Wildman–Crippen LogP) is 4.24. The molecule has 0 saturated heterocycles. The number of benzene rings is 2. The molecule has 0 atom stereocenters. The topological polar surface area (TPSA) is 50.4 Å². The first-order chi connectivity index (χ1) is 11.5.